The summed E-state index contributed by atoms with van der Waals surface area (Å²) in [7, 11) is 0. The zero-order valence-corrected chi connectivity index (χ0v) is 12.2. The summed E-state index contributed by atoms with van der Waals surface area (Å²) in [5.41, 5.74) is 3.57. The van der Waals surface area contributed by atoms with Crippen molar-refractivity contribution in [2.24, 2.45) is 0 Å². The molecule has 1 N–H and O–H groups in total. The summed E-state index contributed by atoms with van der Waals surface area (Å²) in [4.78, 5) is 12.1. The van der Waals surface area contributed by atoms with Crippen LogP contribution in [-0.2, 0) is 0 Å². The Kier molecular flexibility index (Phi) is 4.59. The number of halogens is 1. The molecule has 2 nitrogen and oxygen atoms in total. The maximum absolute atomic E-state index is 12.1. The van der Waals surface area contributed by atoms with Crippen molar-refractivity contribution in [3.63, 3.8) is 0 Å². The van der Waals surface area contributed by atoms with Crippen molar-refractivity contribution in [2.75, 3.05) is 5.32 Å². The van der Waals surface area contributed by atoms with Gasteiger partial charge in [-0.05, 0) is 55.8 Å². The highest BCUT2D eigenvalue weighted by atomic mass is 35.5. The van der Waals surface area contributed by atoms with E-state index in [4.69, 9.17) is 11.6 Å². The van der Waals surface area contributed by atoms with Crippen molar-refractivity contribution >= 4 is 23.1 Å². The van der Waals surface area contributed by atoms with Gasteiger partial charge in [0.25, 0.3) is 0 Å². The fourth-order valence-corrected chi connectivity index (χ4v) is 2.01. The van der Waals surface area contributed by atoms with Gasteiger partial charge in [0, 0.05) is 28.0 Å². The van der Waals surface area contributed by atoms with Gasteiger partial charge < -0.3 is 5.32 Å². The lowest BCUT2D eigenvalue weighted by Gasteiger charge is -2.07. The van der Waals surface area contributed by atoms with Gasteiger partial charge in [-0.1, -0.05) is 23.7 Å². The van der Waals surface area contributed by atoms with E-state index in [2.05, 4.69) is 5.32 Å². The van der Waals surface area contributed by atoms with E-state index in [0.29, 0.717) is 10.6 Å². The van der Waals surface area contributed by atoms with Gasteiger partial charge in [-0.3, -0.25) is 4.79 Å². The highest BCUT2D eigenvalue weighted by Crippen LogP contribution is 2.14. The molecule has 0 fully saturated rings. The van der Waals surface area contributed by atoms with Crippen LogP contribution in [0.3, 0.4) is 0 Å². The fraction of sp³-hybridized carbons (Fsp3) is 0.118. The Labute approximate surface area is 124 Å². The number of carbonyl (C=O) groups is 1. The first kappa shape index (κ1) is 14.4. The monoisotopic (exact) mass is 285 g/mol. The van der Waals surface area contributed by atoms with Crippen LogP contribution in [0.15, 0.2) is 60.3 Å². The van der Waals surface area contributed by atoms with E-state index >= 15 is 0 Å². The van der Waals surface area contributed by atoms with E-state index in [1.807, 2.05) is 38.1 Å². The first-order valence-electron chi connectivity index (χ1n) is 6.36. The average molecular weight is 286 g/mol. The summed E-state index contributed by atoms with van der Waals surface area (Å²) in [5, 5.41) is 3.83. The summed E-state index contributed by atoms with van der Waals surface area (Å²) in [5.74, 6) is -0.0423. The lowest BCUT2D eigenvalue weighted by Crippen LogP contribution is -2.01. The third-order valence-electron chi connectivity index (χ3n) is 2.84. The van der Waals surface area contributed by atoms with E-state index in [1.165, 1.54) is 5.56 Å². The number of anilines is 1. The van der Waals surface area contributed by atoms with Crippen LogP contribution >= 0.6 is 11.6 Å². The van der Waals surface area contributed by atoms with E-state index in [0.717, 1.165) is 11.4 Å². The third kappa shape index (κ3) is 3.97. The molecule has 0 radical (unpaired) electrons. The molecule has 0 aliphatic rings. The Bertz CT molecular complexity index is 644. The molecule has 0 saturated heterocycles. The Morgan fingerprint density at radius 2 is 1.85 bits per heavy atom. The second-order valence-corrected chi connectivity index (χ2v) is 5.13. The molecular formula is C17H16ClNO. The number of nitrogens with one attached hydrogen (secondary N) is 1. The fourth-order valence-electron chi connectivity index (χ4n) is 1.88. The molecule has 2 aromatic carbocycles. The van der Waals surface area contributed by atoms with Crippen molar-refractivity contribution < 1.29 is 4.79 Å². The predicted octanol–water partition coefficient (Wildman–Crippen LogP) is 4.85. The second kappa shape index (κ2) is 6.40. The highest BCUT2D eigenvalue weighted by Gasteiger charge is 2.03. The standard InChI is InChI=1S/C17H16ClNO/c1-12-4-3-5-16(10-12)19-13(2)11-17(20)14-6-8-15(18)9-7-14/h3-11,19H,1-2H3/b13-11+. The smallest absolute Gasteiger partial charge is 0.187 e. The molecule has 20 heavy (non-hydrogen) atoms. The largest absolute Gasteiger partial charge is 0.359 e. The molecule has 0 amide bonds. The van der Waals surface area contributed by atoms with Gasteiger partial charge in [0.2, 0.25) is 0 Å². The molecule has 2 rings (SSSR count). The molecule has 0 saturated carbocycles. The topological polar surface area (TPSA) is 29.1 Å². The maximum atomic E-state index is 12.1. The van der Waals surface area contributed by atoms with Crippen molar-refractivity contribution in [3.05, 3.63) is 76.5 Å². The molecule has 0 spiro atoms. The average Bonchev–Trinajstić information content (AvgIpc) is 2.39. The summed E-state index contributed by atoms with van der Waals surface area (Å²) >= 11 is 5.81. The quantitative estimate of drug-likeness (QED) is 0.643. The van der Waals surface area contributed by atoms with E-state index in [-0.39, 0.29) is 5.78 Å². The van der Waals surface area contributed by atoms with Crippen molar-refractivity contribution in [1.29, 1.82) is 0 Å². The Morgan fingerprint density at radius 3 is 2.50 bits per heavy atom. The van der Waals surface area contributed by atoms with Gasteiger partial charge >= 0.3 is 0 Å². The minimum absolute atomic E-state index is 0.0423. The summed E-state index contributed by atoms with van der Waals surface area (Å²) in [6, 6.07) is 14.9. The number of rotatable bonds is 4. The van der Waals surface area contributed by atoms with Gasteiger partial charge in [-0.15, -0.1) is 0 Å². The molecular weight excluding hydrogens is 270 g/mol. The van der Waals surface area contributed by atoms with Gasteiger partial charge in [-0.2, -0.15) is 0 Å². The van der Waals surface area contributed by atoms with Gasteiger partial charge in [0.15, 0.2) is 5.78 Å². The minimum Gasteiger partial charge on any atom is -0.359 e. The summed E-state index contributed by atoms with van der Waals surface area (Å²) in [6.07, 6.45) is 1.59. The number of allylic oxidation sites excluding steroid dienone is 2. The Morgan fingerprint density at radius 1 is 1.15 bits per heavy atom. The third-order valence-corrected chi connectivity index (χ3v) is 3.09. The molecule has 102 valence electrons. The van der Waals surface area contributed by atoms with Crippen molar-refractivity contribution in [1.82, 2.24) is 0 Å². The molecule has 0 aliphatic heterocycles. The van der Waals surface area contributed by atoms with Crippen LogP contribution in [0.25, 0.3) is 0 Å². The summed E-state index contributed by atoms with van der Waals surface area (Å²) < 4.78 is 0. The first-order chi connectivity index (χ1) is 9.54. The molecule has 0 aromatic heterocycles. The van der Waals surface area contributed by atoms with Gasteiger partial charge in [-0.25, -0.2) is 0 Å². The lowest BCUT2D eigenvalue weighted by molar-refractivity contribution is 0.104. The zero-order chi connectivity index (χ0) is 14.5. The number of carbonyl (C=O) groups excluding carboxylic acids is 1. The normalized spacial score (nSPS) is 11.2. The summed E-state index contributed by atoms with van der Waals surface area (Å²) in [6.45, 7) is 3.90. The zero-order valence-electron chi connectivity index (χ0n) is 11.5. The number of ketones is 1. The second-order valence-electron chi connectivity index (χ2n) is 4.69. The Balaban J connectivity index is 2.10. The van der Waals surface area contributed by atoms with Crippen molar-refractivity contribution in [3.8, 4) is 0 Å². The van der Waals surface area contributed by atoms with Crippen LogP contribution in [0.5, 0.6) is 0 Å². The molecule has 2 aromatic rings. The van der Waals surface area contributed by atoms with Crippen LogP contribution in [-0.4, -0.2) is 5.78 Å². The molecule has 0 aliphatic carbocycles. The van der Waals surface area contributed by atoms with Crippen molar-refractivity contribution in [2.45, 2.75) is 13.8 Å². The Hall–Kier alpha value is -2.06. The number of benzene rings is 2. The van der Waals surface area contributed by atoms with Crippen LogP contribution in [0, 0.1) is 6.92 Å². The molecule has 0 bridgehead atoms. The van der Waals surface area contributed by atoms with E-state index in [1.54, 1.807) is 30.3 Å². The predicted molar refractivity (Wildman–Crippen MR) is 84.3 cm³/mol. The first-order valence-corrected chi connectivity index (χ1v) is 6.74. The number of hydrogen-bond acceptors (Lipinski definition) is 2. The van der Waals surface area contributed by atoms with E-state index in [9.17, 15) is 4.79 Å². The number of hydrogen-bond donors (Lipinski definition) is 1. The van der Waals surface area contributed by atoms with Gasteiger partial charge in [0.1, 0.15) is 0 Å². The maximum Gasteiger partial charge on any atom is 0.187 e. The van der Waals surface area contributed by atoms with Crippen LogP contribution in [0.2, 0.25) is 5.02 Å². The van der Waals surface area contributed by atoms with Crippen LogP contribution in [0.4, 0.5) is 5.69 Å². The van der Waals surface area contributed by atoms with Crippen LogP contribution < -0.4 is 5.32 Å². The lowest BCUT2D eigenvalue weighted by atomic mass is 10.1. The molecule has 3 heteroatoms. The SMILES string of the molecule is C/C(=C\C(=O)c1ccc(Cl)cc1)Nc1cccc(C)c1. The minimum atomic E-state index is -0.0423. The molecule has 0 heterocycles. The molecule has 0 unspecified atom stereocenters. The number of aryl methyl sites for hydroxylation is 1. The van der Waals surface area contributed by atoms with E-state index < -0.39 is 0 Å². The highest BCUT2D eigenvalue weighted by molar-refractivity contribution is 6.30. The molecule has 0 atom stereocenters. The van der Waals surface area contributed by atoms with Gasteiger partial charge in [0.05, 0.1) is 0 Å². The van der Waals surface area contributed by atoms with Crippen LogP contribution in [0.1, 0.15) is 22.8 Å².